The molecule has 0 bridgehead atoms. The molecule has 4 aromatic rings. The number of aliphatic hydroxyl groups is 1. The summed E-state index contributed by atoms with van der Waals surface area (Å²) in [6, 6.07) is 18.3. The van der Waals surface area contributed by atoms with Crippen LogP contribution < -0.4 is 14.1 Å². The molecule has 0 saturated carbocycles. The number of para-hydroxylation sites is 2. The maximum absolute atomic E-state index is 10.7. The lowest BCUT2D eigenvalue weighted by Gasteiger charge is -2.09. The van der Waals surface area contributed by atoms with Gasteiger partial charge in [-0.15, -0.1) is 0 Å². The molecule has 32 heavy (non-hydrogen) atoms. The Bertz CT molecular complexity index is 1390. The molecule has 2 aromatic carbocycles. The first kappa shape index (κ1) is 19.5. The van der Waals surface area contributed by atoms with Gasteiger partial charge in [-0.25, -0.2) is 15.0 Å². The van der Waals surface area contributed by atoms with Crippen LogP contribution in [-0.4, -0.2) is 44.6 Å². The van der Waals surface area contributed by atoms with Crippen molar-refractivity contribution in [1.29, 1.82) is 0 Å². The highest BCUT2D eigenvalue weighted by Crippen LogP contribution is 2.25. The highest BCUT2D eigenvalue weighted by Gasteiger charge is 2.29. The number of hydrogen-bond donors (Lipinski definition) is 2. The Balaban J connectivity index is 1.37. The number of hydrogen-bond acceptors (Lipinski definition) is 6. The molecule has 0 spiro atoms. The van der Waals surface area contributed by atoms with Gasteiger partial charge in [0, 0.05) is 10.9 Å². The topological polar surface area (TPSA) is 107 Å². The fourth-order valence-corrected chi connectivity index (χ4v) is 3.37. The monoisotopic (exact) mass is 424 g/mol. The van der Waals surface area contributed by atoms with E-state index in [1.165, 1.54) is 6.20 Å². The number of benzene rings is 2. The second-order valence-electron chi connectivity index (χ2n) is 6.93. The molecule has 0 saturated heterocycles. The molecule has 1 unspecified atom stereocenters. The molecule has 1 aliphatic heterocycles. The molecule has 0 fully saturated rings. The van der Waals surface area contributed by atoms with Crippen LogP contribution in [0.3, 0.4) is 0 Å². The van der Waals surface area contributed by atoms with Crippen molar-refractivity contribution < 1.29 is 14.6 Å². The van der Waals surface area contributed by atoms with Crippen LogP contribution in [0.1, 0.15) is 23.1 Å². The zero-order chi connectivity index (χ0) is 21.9. The van der Waals surface area contributed by atoms with Crippen LogP contribution >= 0.6 is 0 Å². The van der Waals surface area contributed by atoms with Crippen LogP contribution in [0.4, 0.5) is 0 Å². The molecule has 2 aromatic heterocycles. The van der Waals surface area contributed by atoms with Gasteiger partial charge in [0.05, 0.1) is 23.7 Å². The van der Waals surface area contributed by atoms with Gasteiger partial charge in [-0.2, -0.15) is 0 Å². The minimum Gasteiger partial charge on any atom is -0.481 e. The van der Waals surface area contributed by atoms with E-state index >= 15 is 0 Å². The molecule has 1 aliphatic rings. The van der Waals surface area contributed by atoms with Crippen molar-refractivity contribution in [2.75, 3.05) is 7.11 Å². The average molecular weight is 424 g/mol. The summed E-state index contributed by atoms with van der Waals surface area (Å²) in [5.74, 6) is 4.39. The number of methoxy groups -OCH3 is 1. The van der Waals surface area contributed by atoms with E-state index in [1.807, 2.05) is 30.3 Å². The number of aromatic amines is 1. The second-order valence-corrected chi connectivity index (χ2v) is 6.93. The molecule has 8 heteroatoms. The summed E-state index contributed by atoms with van der Waals surface area (Å²) >= 11 is 0. The molecule has 1 atom stereocenters. The molecule has 0 amide bonds. The van der Waals surface area contributed by atoms with E-state index in [2.05, 4.69) is 30.5 Å². The molecule has 0 aliphatic carbocycles. The van der Waals surface area contributed by atoms with Crippen LogP contribution in [-0.2, 0) is 0 Å². The fraction of sp³-hybridized carbons (Fsp3) is 0.0833. The van der Waals surface area contributed by atoms with Gasteiger partial charge < -0.3 is 19.6 Å². The minimum absolute atomic E-state index is 0.268. The predicted molar refractivity (Wildman–Crippen MR) is 121 cm³/mol. The number of ether oxygens (including phenoxy) is 2. The van der Waals surface area contributed by atoms with Gasteiger partial charge in [0.15, 0.2) is 6.20 Å². The number of aliphatic hydroxyl groups excluding tert-OH is 1. The Morgan fingerprint density at radius 3 is 2.72 bits per heavy atom. The van der Waals surface area contributed by atoms with E-state index < -0.39 is 6.10 Å². The van der Waals surface area contributed by atoms with E-state index in [9.17, 15) is 5.11 Å². The zero-order valence-electron chi connectivity index (χ0n) is 17.1. The number of pyridine rings is 1. The fourth-order valence-electron chi connectivity index (χ4n) is 3.37. The number of aromatic nitrogens is 3. The maximum atomic E-state index is 10.7. The lowest BCUT2D eigenvalue weighted by molar-refractivity contribution is 0.211. The molecule has 156 valence electrons. The van der Waals surface area contributed by atoms with E-state index in [1.54, 1.807) is 43.6 Å². The lowest BCUT2D eigenvalue weighted by Crippen LogP contribution is -2.26. The summed E-state index contributed by atoms with van der Waals surface area (Å²) in [4.78, 5) is 16.2. The lowest BCUT2D eigenvalue weighted by atomic mass is 10.1. The summed E-state index contributed by atoms with van der Waals surface area (Å²) in [7, 11) is 1.54. The van der Waals surface area contributed by atoms with Gasteiger partial charge in [0.1, 0.15) is 17.7 Å². The number of imidazole rings is 1. The molecular weight excluding hydrogens is 406 g/mol. The minimum atomic E-state index is -0.892. The van der Waals surface area contributed by atoms with Gasteiger partial charge in [0.2, 0.25) is 11.6 Å². The number of nitrogens with one attached hydrogen (secondary N) is 1. The first-order valence-corrected chi connectivity index (χ1v) is 9.86. The van der Waals surface area contributed by atoms with Crippen molar-refractivity contribution in [3.63, 3.8) is 0 Å². The summed E-state index contributed by atoms with van der Waals surface area (Å²) in [6.45, 7) is 0. The van der Waals surface area contributed by atoms with Crippen molar-refractivity contribution in [3.8, 4) is 11.6 Å². The standard InChI is InChI=1S/C24H18N5O3/c1-31-23-17(5-4-12-26-23)20-24(27-14-13-25-20)32-16-10-8-15(9-11-16)21(30)22-28-18-6-2-3-7-19(18)29-22/h2-13,21,30H,1H3,(H,28,29)/q+1. The normalized spacial score (nSPS) is 13.6. The first-order chi connectivity index (χ1) is 15.7. The third kappa shape index (κ3) is 3.69. The van der Waals surface area contributed by atoms with Crippen molar-refractivity contribution in [1.82, 2.24) is 19.6 Å². The molecule has 0 radical (unpaired) electrons. The SMILES string of the molecule is COc1ncccc1C1=NC=C=[N+]=C1Oc1ccc(C(O)c2nc3ccccc3[nH]2)cc1. The number of nitrogens with zero attached hydrogens (tertiary/aromatic N) is 4. The Labute approximate surface area is 183 Å². The quantitative estimate of drug-likeness (QED) is 0.479. The molecule has 8 nitrogen and oxygen atoms in total. The van der Waals surface area contributed by atoms with Gasteiger partial charge in [-0.05, 0) is 42.0 Å². The van der Waals surface area contributed by atoms with Crippen LogP contribution in [0, 0.1) is 0 Å². The van der Waals surface area contributed by atoms with Gasteiger partial charge in [-0.1, -0.05) is 24.3 Å². The van der Waals surface area contributed by atoms with Crippen LogP contribution in [0.15, 0.2) is 78.1 Å². The van der Waals surface area contributed by atoms with E-state index in [0.717, 1.165) is 11.0 Å². The van der Waals surface area contributed by atoms with E-state index in [0.29, 0.717) is 34.3 Å². The summed E-state index contributed by atoms with van der Waals surface area (Å²) < 4.78 is 15.5. The molecule has 3 heterocycles. The Hall–Kier alpha value is -4.48. The van der Waals surface area contributed by atoms with Crippen molar-refractivity contribution in [2.45, 2.75) is 6.10 Å². The predicted octanol–water partition coefficient (Wildman–Crippen LogP) is 2.58. The second kappa shape index (κ2) is 8.34. The summed E-state index contributed by atoms with van der Waals surface area (Å²) in [6.07, 6.45) is 2.20. The van der Waals surface area contributed by atoms with Crippen LogP contribution in [0.2, 0.25) is 0 Å². The van der Waals surface area contributed by atoms with Crippen LogP contribution in [0.25, 0.3) is 11.0 Å². The third-order valence-electron chi connectivity index (χ3n) is 4.92. The number of H-pyrrole nitrogens is 1. The highest BCUT2D eigenvalue weighted by atomic mass is 16.5. The van der Waals surface area contributed by atoms with Crippen molar-refractivity contribution >= 4 is 28.5 Å². The molecule has 5 rings (SSSR count). The third-order valence-corrected chi connectivity index (χ3v) is 4.92. The zero-order valence-corrected chi connectivity index (χ0v) is 17.1. The van der Waals surface area contributed by atoms with Gasteiger partial charge in [0.25, 0.3) is 0 Å². The molecular formula is C24H18N5O3+. The average Bonchev–Trinajstić information content (AvgIpc) is 3.29. The largest absolute Gasteiger partial charge is 0.533 e. The first-order valence-electron chi connectivity index (χ1n) is 9.86. The Morgan fingerprint density at radius 1 is 1.06 bits per heavy atom. The number of fused-ring (bicyclic) bond motifs is 1. The number of rotatable bonds is 5. The van der Waals surface area contributed by atoms with Crippen molar-refractivity contribution in [2.24, 2.45) is 4.99 Å². The Morgan fingerprint density at radius 2 is 1.91 bits per heavy atom. The molecule has 2 N–H and O–H groups in total. The van der Waals surface area contributed by atoms with Crippen LogP contribution in [0.5, 0.6) is 11.6 Å². The maximum Gasteiger partial charge on any atom is 0.533 e. The van der Waals surface area contributed by atoms with Gasteiger partial charge >= 0.3 is 11.8 Å². The summed E-state index contributed by atoms with van der Waals surface area (Å²) in [5, 5.41) is 10.7. The van der Waals surface area contributed by atoms with E-state index in [4.69, 9.17) is 9.47 Å². The number of aliphatic imine (C=N–C) groups is 1. The smallest absolute Gasteiger partial charge is 0.481 e. The highest BCUT2D eigenvalue weighted by molar-refractivity contribution is 6.46. The van der Waals surface area contributed by atoms with Crippen molar-refractivity contribution in [3.05, 3.63) is 90.0 Å². The van der Waals surface area contributed by atoms with Gasteiger partial charge in [-0.3, -0.25) is 0 Å². The Kier molecular flexibility index (Phi) is 5.07. The van der Waals surface area contributed by atoms with E-state index in [-0.39, 0.29) is 5.90 Å². The summed E-state index contributed by atoms with van der Waals surface area (Å²) in [5.41, 5.74) is 3.50.